The number of pyridine rings is 1. The van der Waals surface area contributed by atoms with Crippen molar-refractivity contribution in [1.82, 2.24) is 29.3 Å². The van der Waals surface area contributed by atoms with Crippen molar-refractivity contribution in [2.45, 2.75) is 0 Å². The lowest BCUT2D eigenvalue weighted by Crippen LogP contribution is -1.94. The Kier molecular flexibility index (Phi) is 5.83. The van der Waals surface area contributed by atoms with Gasteiger partial charge in [0.1, 0.15) is 5.52 Å². The quantitative estimate of drug-likeness (QED) is 0.189. The third kappa shape index (κ3) is 4.18. The van der Waals surface area contributed by atoms with E-state index in [4.69, 9.17) is 14.4 Å². The molecule has 0 N–H and O–H groups in total. The average molecular weight is 655 g/mol. The van der Waals surface area contributed by atoms with Crippen LogP contribution in [0.25, 0.3) is 100.0 Å². The molecule has 0 amide bonds. The lowest BCUT2D eigenvalue weighted by atomic mass is 10.1. The third-order valence-corrected chi connectivity index (χ3v) is 9.87. The molecule has 7 heteroatoms. The van der Waals surface area contributed by atoms with Gasteiger partial charge in [0.15, 0.2) is 16.9 Å². The highest BCUT2D eigenvalue weighted by Gasteiger charge is 2.19. The molecule has 0 radical (unpaired) electrons. The Hall–Kier alpha value is -7.12. The molecule has 0 fully saturated rings. The van der Waals surface area contributed by atoms with Crippen LogP contribution in [0, 0.1) is 0 Å². The monoisotopic (exact) mass is 654 g/mol. The van der Waals surface area contributed by atoms with Crippen molar-refractivity contribution < 1.29 is 4.42 Å². The van der Waals surface area contributed by atoms with Crippen molar-refractivity contribution in [3.63, 3.8) is 0 Å². The molecule has 0 saturated carbocycles. The minimum atomic E-state index is 0.363. The van der Waals surface area contributed by atoms with Gasteiger partial charge in [-0.25, -0.2) is 9.97 Å². The molecule has 5 aromatic heterocycles. The Bertz CT molecular complexity index is 2930. The second-order valence-corrected chi connectivity index (χ2v) is 12.8. The summed E-state index contributed by atoms with van der Waals surface area (Å²) in [7, 11) is 0. The van der Waals surface area contributed by atoms with Crippen LogP contribution >= 0.6 is 0 Å². The van der Waals surface area contributed by atoms with Crippen LogP contribution in [-0.4, -0.2) is 29.3 Å². The number of benzene rings is 6. The predicted octanol–water partition coefficient (Wildman–Crippen LogP) is 10.7. The van der Waals surface area contributed by atoms with Crippen LogP contribution in [0.5, 0.6) is 0 Å². The first-order valence-electron chi connectivity index (χ1n) is 16.9. The van der Waals surface area contributed by atoms with Gasteiger partial charge in [0.25, 0.3) is 5.71 Å². The molecular weight excluding hydrogens is 629 g/mol. The lowest BCUT2D eigenvalue weighted by molar-refractivity contribution is 0.643. The molecule has 0 bridgehead atoms. The van der Waals surface area contributed by atoms with Crippen LogP contribution in [-0.2, 0) is 0 Å². The summed E-state index contributed by atoms with van der Waals surface area (Å²) in [5, 5.41) is 13.6. The zero-order valence-corrected chi connectivity index (χ0v) is 27.1. The fraction of sp³-hybridized carbons (Fsp3) is 0. The zero-order valence-electron chi connectivity index (χ0n) is 27.1. The number of hydrogen-bond acceptors (Lipinski definition) is 5. The van der Waals surface area contributed by atoms with Gasteiger partial charge in [-0.3, -0.25) is 0 Å². The van der Waals surface area contributed by atoms with Crippen LogP contribution in [0.2, 0.25) is 0 Å². The fourth-order valence-corrected chi connectivity index (χ4v) is 7.58. The first-order valence-corrected chi connectivity index (χ1v) is 16.9. The van der Waals surface area contributed by atoms with Gasteiger partial charge < -0.3 is 13.6 Å². The van der Waals surface area contributed by atoms with E-state index < -0.39 is 0 Å². The molecule has 0 aliphatic heterocycles. The Morgan fingerprint density at radius 3 is 1.61 bits per heavy atom. The first kappa shape index (κ1) is 27.8. The van der Waals surface area contributed by atoms with E-state index in [1.54, 1.807) is 0 Å². The summed E-state index contributed by atoms with van der Waals surface area (Å²) in [6.45, 7) is 0. The van der Waals surface area contributed by atoms with E-state index in [9.17, 15) is 0 Å². The SMILES string of the molecule is c1ccc(-n2c3ccccc3c3cc(-c4ccc5oc6nnc(-c7ccc8c(c7)c7ccccc7n8-c7ccccc7)nc6c5n4)ccc32)cc1. The fourth-order valence-electron chi connectivity index (χ4n) is 7.58. The predicted molar refractivity (Wildman–Crippen MR) is 204 cm³/mol. The summed E-state index contributed by atoms with van der Waals surface area (Å²) in [4.78, 5) is 10.1. The van der Waals surface area contributed by atoms with Gasteiger partial charge in [0.05, 0.1) is 27.8 Å². The maximum atomic E-state index is 6.09. The van der Waals surface area contributed by atoms with E-state index in [-0.39, 0.29) is 0 Å². The van der Waals surface area contributed by atoms with Crippen molar-refractivity contribution in [1.29, 1.82) is 0 Å². The van der Waals surface area contributed by atoms with Gasteiger partial charge in [-0.05, 0) is 78.9 Å². The maximum Gasteiger partial charge on any atom is 0.267 e. The van der Waals surface area contributed by atoms with E-state index in [0.717, 1.165) is 55.5 Å². The molecule has 11 rings (SSSR count). The second-order valence-electron chi connectivity index (χ2n) is 12.8. The molecule has 7 nitrogen and oxygen atoms in total. The summed E-state index contributed by atoms with van der Waals surface area (Å²) >= 11 is 0. The van der Waals surface area contributed by atoms with Crippen molar-refractivity contribution in [2.75, 3.05) is 0 Å². The number of aromatic nitrogens is 6. The van der Waals surface area contributed by atoms with Crippen molar-refractivity contribution >= 4 is 65.9 Å². The number of hydrogen-bond donors (Lipinski definition) is 0. The van der Waals surface area contributed by atoms with Crippen molar-refractivity contribution in [3.8, 4) is 34.0 Å². The molecule has 0 atom stereocenters. The highest BCUT2D eigenvalue weighted by atomic mass is 16.3. The molecule has 51 heavy (non-hydrogen) atoms. The molecule has 0 aliphatic rings. The minimum absolute atomic E-state index is 0.363. The molecule has 5 heterocycles. The summed E-state index contributed by atoms with van der Waals surface area (Å²) in [5.74, 6) is 0.519. The number of furan rings is 1. The summed E-state index contributed by atoms with van der Waals surface area (Å²) < 4.78 is 10.7. The van der Waals surface area contributed by atoms with Gasteiger partial charge in [0.2, 0.25) is 0 Å². The summed E-state index contributed by atoms with van der Waals surface area (Å²) in [6.07, 6.45) is 0. The third-order valence-electron chi connectivity index (χ3n) is 9.87. The van der Waals surface area contributed by atoms with E-state index in [2.05, 4.69) is 153 Å². The Morgan fingerprint density at radius 2 is 0.961 bits per heavy atom. The molecule has 0 unspecified atom stereocenters. The van der Waals surface area contributed by atoms with Crippen LogP contribution in [0.3, 0.4) is 0 Å². The number of fused-ring (bicyclic) bond motifs is 9. The number of nitrogens with zero attached hydrogens (tertiary/aromatic N) is 6. The van der Waals surface area contributed by atoms with E-state index in [1.165, 1.54) is 16.3 Å². The van der Waals surface area contributed by atoms with Crippen LogP contribution in [0.15, 0.2) is 162 Å². The standard InChI is InChI=1S/C44H26N6O/c1-3-11-29(12-4-1)49-36-17-9-7-15-31(36)33-25-27(19-22-38(33)49)35-21-24-40-41(45-35)42-44(51-40)48-47-43(46-42)28-20-23-39-34(26-28)32-16-8-10-18-37(32)50(39)30-13-5-2-6-14-30/h1-26H. The number of para-hydroxylation sites is 4. The first-order chi connectivity index (χ1) is 25.3. The van der Waals surface area contributed by atoms with Crippen molar-refractivity contribution in [3.05, 3.63) is 158 Å². The van der Waals surface area contributed by atoms with Crippen LogP contribution in [0.1, 0.15) is 0 Å². The average Bonchev–Trinajstić information content (AvgIpc) is 3.85. The van der Waals surface area contributed by atoms with E-state index in [1.807, 2.05) is 24.3 Å². The smallest absolute Gasteiger partial charge is 0.267 e. The summed E-state index contributed by atoms with van der Waals surface area (Å²) in [5.41, 5.74) is 11.8. The second kappa shape index (κ2) is 10.7. The highest BCUT2D eigenvalue weighted by Crippen LogP contribution is 2.37. The van der Waals surface area contributed by atoms with E-state index in [0.29, 0.717) is 28.2 Å². The summed E-state index contributed by atoms with van der Waals surface area (Å²) in [6, 6.07) is 54.8. The van der Waals surface area contributed by atoms with Gasteiger partial charge in [-0.15, -0.1) is 10.2 Å². The number of rotatable bonds is 4. The molecule has 11 aromatic rings. The van der Waals surface area contributed by atoms with Gasteiger partial charge in [0, 0.05) is 44.0 Å². The molecule has 6 aromatic carbocycles. The van der Waals surface area contributed by atoms with Crippen molar-refractivity contribution in [2.24, 2.45) is 0 Å². The molecule has 0 saturated heterocycles. The Morgan fingerprint density at radius 1 is 0.412 bits per heavy atom. The van der Waals surface area contributed by atoms with E-state index >= 15 is 0 Å². The Balaban J connectivity index is 1.04. The van der Waals surface area contributed by atoms with Gasteiger partial charge in [-0.2, -0.15) is 0 Å². The minimum Gasteiger partial charge on any atom is -0.433 e. The lowest BCUT2D eigenvalue weighted by Gasteiger charge is -2.08. The van der Waals surface area contributed by atoms with Crippen LogP contribution in [0.4, 0.5) is 0 Å². The zero-order chi connectivity index (χ0) is 33.5. The topological polar surface area (TPSA) is 74.6 Å². The largest absolute Gasteiger partial charge is 0.433 e. The van der Waals surface area contributed by atoms with Crippen LogP contribution < -0.4 is 0 Å². The van der Waals surface area contributed by atoms with Gasteiger partial charge >= 0.3 is 0 Å². The Labute approximate surface area is 290 Å². The molecule has 0 spiro atoms. The maximum absolute atomic E-state index is 6.09. The molecule has 238 valence electrons. The molecule has 0 aliphatic carbocycles. The van der Waals surface area contributed by atoms with Gasteiger partial charge in [-0.1, -0.05) is 78.9 Å². The highest BCUT2D eigenvalue weighted by molar-refractivity contribution is 6.11. The normalized spacial score (nSPS) is 11.9. The molecular formula is C44H26N6O.